The summed E-state index contributed by atoms with van der Waals surface area (Å²) >= 11 is 11.9. The number of rotatable bonds is 5. The van der Waals surface area contributed by atoms with E-state index in [0.717, 1.165) is 5.56 Å². The first-order valence-electron chi connectivity index (χ1n) is 4.78. The predicted molar refractivity (Wildman–Crippen MR) is 65.2 cm³/mol. The molecule has 0 aliphatic heterocycles. The molecular formula is C11H12Cl2N2O. The summed E-state index contributed by atoms with van der Waals surface area (Å²) in [6.07, 6.45) is 0.713. The van der Waals surface area contributed by atoms with Gasteiger partial charge in [0.15, 0.2) is 0 Å². The number of methoxy groups -OCH3 is 1. The van der Waals surface area contributed by atoms with E-state index in [-0.39, 0.29) is 0 Å². The number of nitrogens with one attached hydrogen (secondary N) is 1. The fraction of sp³-hybridized carbons (Fsp3) is 0.364. The second-order valence-corrected chi connectivity index (χ2v) is 4.01. The number of hydrogen-bond donors (Lipinski definition) is 1. The molecule has 0 amide bonds. The highest BCUT2D eigenvalue weighted by molar-refractivity contribution is 6.35. The van der Waals surface area contributed by atoms with E-state index in [1.807, 2.05) is 12.1 Å². The molecule has 0 unspecified atom stereocenters. The van der Waals surface area contributed by atoms with Gasteiger partial charge in [-0.05, 0) is 24.1 Å². The summed E-state index contributed by atoms with van der Waals surface area (Å²) in [4.78, 5) is 0. The van der Waals surface area contributed by atoms with Crippen LogP contribution in [0.5, 0.6) is 5.75 Å². The lowest BCUT2D eigenvalue weighted by atomic mass is 10.1. The lowest BCUT2D eigenvalue weighted by Crippen LogP contribution is -2.17. The number of nitrogens with zero attached hydrogens (tertiary/aromatic N) is 1. The molecule has 0 radical (unpaired) electrons. The van der Waals surface area contributed by atoms with Crippen LogP contribution >= 0.6 is 23.2 Å². The Hall–Kier alpha value is -0.950. The second-order valence-electron chi connectivity index (χ2n) is 3.16. The number of nitriles is 1. The summed E-state index contributed by atoms with van der Waals surface area (Å²) in [7, 11) is 1.57. The molecule has 16 heavy (non-hydrogen) atoms. The van der Waals surface area contributed by atoms with Crippen LogP contribution in [0.15, 0.2) is 12.1 Å². The van der Waals surface area contributed by atoms with Crippen LogP contribution in [0.25, 0.3) is 0 Å². The third kappa shape index (κ3) is 3.57. The van der Waals surface area contributed by atoms with E-state index in [1.54, 1.807) is 13.2 Å². The van der Waals surface area contributed by atoms with Gasteiger partial charge in [0.2, 0.25) is 0 Å². The van der Waals surface area contributed by atoms with Crippen LogP contribution in [0.4, 0.5) is 0 Å². The van der Waals surface area contributed by atoms with Gasteiger partial charge in [-0.1, -0.05) is 23.2 Å². The SMILES string of the molecule is COc1c(Cl)cc(Cl)cc1CCNCC#N. The molecule has 1 rings (SSSR count). The van der Waals surface area contributed by atoms with E-state index in [1.165, 1.54) is 0 Å². The molecule has 0 aliphatic rings. The van der Waals surface area contributed by atoms with Gasteiger partial charge >= 0.3 is 0 Å². The highest BCUT2D eigenvalue weighted by Gasteiger charge is 2.09. The third-order valence-corrected chi connectivity index (χ3v) is 2.56. The lowest BCUT2D eigenvalue weighted by molar-refractivity contribution is 0.409. The number of benzene rings is 1. The molecule has 0 saturated heterocycles. The minimum absolute atomic E-state index is 0.330. The third-order valence-electron chi connectivity index (χ3n) is 2.06. The van der Waals surface area contributed by atoms with Crippen molar-refractivity contribution in [3.8, 4) is 11.8 Å². The largest absolute Gasteiger partial charge is 0.495 e. The molecule has 3 nitrogen and oxygen atoms in total. The van der Waals surface area contributed by atoms with Crippen LogP contribution in [0.2, 0.25) is 10.0 Å². The topological polar surface area (TPSA) is 45.0 Å². The van der Waals surface area contributed by atoms with Gasteiger partial charge in [-0.3, -0.25) is 0 Å². The summed E-state index contributed by atoms with van der Waals surface area (Å²) in [6.45, 7) is 1.01. The number of halogens is 2. The lowest BCUT2D eigenvalue weighted by Gasteiger charge is -2.10. The Kier molecular flexibility index (Phi) is 5.41. The average molecular weight is 259 g/mol. The first-order valence-corrected chi connectivity index (χ1v) is 5.54. The molecule has 0 saturated carbocycles. The molecular weight excluding hydrogens is 247 g/mol. The van der Waals surface area contributed by atoms with Gasteiger partial charge in [-0.25, -0.2) is 0 Å². The fourth-order valence-corrected chi connectivity index (χ4v) is 2.01. The smallest absolute Gasteiger partial charge is 0.140 e. The highest BCUT2D eigenvalue weighted by Crippen LogP contribution is 2.32. The van der Waals surface area contributed by atoms with E-state index in [0.29, 0.717) is 35.3 Å². The Balaban J connectivity index is 2.74. The summed E-state index contributed by atoms with van der Waals surface area (Å²) < 4.78 is 5.20. The van der Waals surface area contributed by atoms with E-state index >= 15 is 0 Å². The van der Waals surface area contributed by atoms with E-state index in [4.69, 9.17) is 33.2 Å². The van der Waals surface area contributed by atoms with Gasteiger partial charge in [0.25, 0.3) is 0 Å². The molecule has 0 bridgehead atoms. The zero-order valence-corrected chi connectivity index (χ0v) is 10.4. The van der Waals surface area contributed by atoms with Crippen molar-refractivity contribution >= 4 is 23.2 Å². The van der Waals surface area contributed by atoms with Crippen LogP contribution in [-0.2, 0) is 6.42 Å². The van der Waals surface area contributed by atoms with Crippen LogP contribution in [0.1, 0.15) is 5.56 Å². The fourth-order valence-electron chi connectivity index (χ4n) is 1.40. The number of ether oxygens (including phenoxy) is 1. The van der Waals surface area contributed by atoms with Crippen molar-refractivity contribution in [1.29, 1.82) is 5.26 Å². The number of hydrogen-bond acceptors (Lipinski definition) is 3. The molecule has 1 N–H and O–H groups in total. The van der Waals surface area contributed by atoms with Crippen LogP contribution in [-0.4, -0.2) is 20.2 Å². The van der Waals surface area contributed by atoms with Crippen molar-refractivity contribution in [2.75, 3.05) is 20.2 Å². The van der Waals surface area contributed by atoms with Crippen molar-refractivity contribution in [2.45, 2.75) is 6.42 Å². The minimum Gasteiger partial charge on any atom is -0.495 e. The molecule has 86 valence electrons. The van der Waals surface area contributed by atoms with Crippen molar-refractivity contribution in [1.82, 2.24) is 5.32 Å². The Morgan fingerprint density at radius 2 is 2.19 bits per heavy atom. The Morgan fingerprint density at radius 3 is 2.81 bits per heavy atom. The monoisotopic (exact) mass is 258 g/mol. The van der Waals surface area contributed by atoms with Crippen molar-refractivity contribution in [3.63, 3.8) is 0 Å². The van der Waals surface area contributed by atoms with Gasteiger partial charge in [0.05, 0.1) is 24.7 Å². The molecule has 0 atom stereocenters. The molecule has 0 heterocycles. The zero-order chi connectivity index (χ0) is 12.0. The quantitative estimate of drug-likeness (QED) is 0.653. The molecule has 5 heteroatoms. The van der Waals surface area contributed by atoms with Gasteiger partial charge in [-0.2, -0.15) is 5.26 Å². The normalized spacial score (nSPS) is 9.88. The van der Waals surface area contributed by atoms with Gasteiger partial charge < -0.3 is 10.1 Å². The zero-order valence-electron chi connectivity index (χ0n) is 8.89. The Morgan fingerprint density at radius 1 is 1.44 bits per heavy atom. The van der Waals surface area contributed by atoms with Crippen molar-refractivity contribution < 1.29 is 4.74 Å². The molecule has 1 aromatic rings. The van der Waals surface area contributed by atoms with Crippen LogP contribution in [0.3, 0.4) is 0 Å². The summed E-state index contributed by atoms with van der Waals surface area (Å²) in [5.41, 5.74) is 0.936. The standard InChI is InChI=1S/C11H12Cl2N2O/c1-16-11-8(2-4-15-5-3-14)6-9(12)7-10(11)13/h6-7,15H,2,4-5H2,1H3. The maximum Gasteiger partial charge on any atom is 0.140 e. The maximum atomic E-state index is 8.37. The second kappa shape index (κ2) is 6.59. The first-order chi connectivity index (χ1) is 7.69. The molecule has 1 aromatic carbocycles. The molecule has 0 aromatic heterocycles. The summed E-state index contributed by atoms with van der Waals surface area (Å²) in [5.74, 6) is 0.643. The van der Waals surface area contributed by atoms with Crippen LogP contribution < -0.4 is 10.1 Å². The van der Waals surface area contributed by atoms with Gasteiger partial charge in [-0.15, -0.1) is 0 Å². The van der Waals surface area contributed by atoms with Gasteiger partial charge in [0.1, 0.15) is 5.75 Å². The van der Waals surface area contributed by atoms with E-state index in [9.17, 15) is 0 Å². The summed E-state index contributed by atoms with van der Waals surface area (Å²) in [5, 5.41) is 12.4. The van der Waals surface area contributed by atoms with Gasteiger partial charge in [0, 0.05) is 11.6 Å². The average Bonchev–Trinajstić information content (AvgIpc) is 2.24. The van der Waals surface area contributed by atoms with Crippen LogP contribution in [0, 0.1) is 11.3 Å². The highest BCUT2D eigenvalue weighted by atomic mass is 35.5. The van der Waals surface area contributed by atoms with Crippen molar-refractivity contribution in [3.05, 3.63) is 27.7 Å². The summed E-state index contributed by atoms with van der Waals surface area (Å²) in [6, 6.07) is 5.48. The minimum atomic E-state index is 0.330. The molecule has 0 aliphatic carbocycles. The first kappa shape index (κ1) is 13.1. The predicted octanol–water partition coefficient (Wildman–Crippen LogP) is 2.66. The molecule has 0 fully saturated rings. The Bertz CT molecular complexity index is 402. The maximum absolute atomic E-state index is 8.37. The Labute approximate surface area is 105 Å². The van der Waals surface area contributed by atoms with Crippen molar-refractivity contribution in [2.24, 2.45) is 0 Å². The molecule has 0 spiro atoms. The van der Waals surface area contributed by atoms with E-state index in [2.05, 4.69) is 5.32 Å². The van der Waals surface area contributed by atoms with E-state index < -0.39 is 0 Å².